The van der Waals surface area contributed by atoms with Crippen molar-refractivity contribution < 1.29 is 9.53 Å². The van der Waals surface area contributed by atoms with E-state index >= 15 is 0 Å². The number of hydrogen-bond donors (Lipinski definition) is 1. The van der Waals surface area contributed by atoms with Crippen molar-refractivity contribution in [3.05, 3.63) is 0 Å². The lowest BCUT2D eigenvalue weighted by Gasteiger charge is -2.35. The van der Waals surface area contributed by atoms with Crippen molar-refractivity contribution in [3.8, 4) is 6.07 Å². The van der Waals surface area contributed by atoms with Crippen molar-refractivity contribution in [3.63, 3.8) is 0 Å². The van der Waals surface area contributed by atoms with Gasteiger partial charge in [0, 0.05) is 6.04 Å². The summed E-state index contributed by atoms with van der Waals surface area (Å²) in [6, 6.07) is 2.34. The molecule has 2 rings (SSSR count). The summed E-state index contributed by atoms with van der Waals surface area (Å²) in [4.78, 5) is 11.8. The van der Waals surface area contributed by atoms with E-state index in [0.717, 1.165) is 12.8 Å². The lowest BCUT2D eigenvalue weighted by molar-refractivity contribution is -0.151. The van der Waals surface area contributed by atoms with Gasteiger partial charge in [0.1, 0.15) is 0 Å². The second kappa shape index (κ2) is 4.19. The number of hydrogen-bond acceptors (Lipinski definition) is 3. The van der Waals surface area contributed by atoms with E-state index < -0.39 is 5.41 Å². The first-order valence-corrected chi connectivity index (χ1v) is 5.57. The highest BCUT2D eigenvalue weighted by atomic mass is 16.5. The van der Waals surface area contributed by atoms with Crippen LogP contribution in [0.1, 0.15) is 32.1 Å². The summed E-state index contributed by atoms with van der Waals surface area (Å²) < 4.78 is 4.96. The summed E-state index contributed by atoms with van der Waals surface area (Å²) in [6.45, 7) is 0.504. The van der Waals surface area contributed by atoms with Crippen LogP contribution in [0.3, 0.4) is 0 Å². The first-order chi connectivity index (χ1) is 7.27. The number of amides is 1. The second-order valence-corrected chi connectivity index (χ2v) is 4.50. The Morgan fingerprint density at radius 2 is 2.00 bits per heavy atom. The highest BCUT2D eigenvalue weighted by Gasteiger charge is 2.47. The van der Waals surface area contributed by atoms with Crippen molar-refractivity contribution in [1.29, 1.82) is 5.26 Å². The highest BCUT2D eigenvalue weighted by molar-refractivity contribution is 5.86. The average Bonchev–Trinajstić information content (AvgIpc) is 2.18. The Labute approximate surface area is 89.6 Å². The summed E-state index contributed by atoms with van der Waals surface area (Å²) in [5.41, 5.74) is -0.891. The van der Waals surface area contributed by atoms with E-state index in [1.165, 1.54) is 19.3 Å². The summed E-state index contributed by atoms with van der Waals surface area (Å²) in [5.74, 6) is -0.136. The zero-order valence-corrected chi connectivity index (χ0v) is 8.79. The molecule has 0 aromatic heterocycles. The molecule has 0 aromatic carbocycles. The quantitative estimate of drug-likeness (QED) is 0.735. The van der Waals surface area contributed by atoms with Crippen LogP contribution in [0.2, 0.25) is 0 Å². The number of rotatable bonds is 2. The van der Waals surface area contributed by atoms with Gasteiger partial charge in [0.25, 0.3) is 0 Å². The molecule has 1 aliphatic carbocycles. The molecule has 1 heterocycles. The number of nitriles is 1. The van der Waals surface area contributed by atoms with Gasteiger partial charge in [-0.15, -0.1) is 0 Å². The molecule has 1 N–H and O–H groups in total. The maximum atomic E-state index is 11.8. The predicted molar refractivity (Wildman–Crippen MR) is 53.9 cm³/mol. The van der Waals surface area contributed by atoms with Gasteiger partial charge in [-0.2, -0.15) is 5.26 Å². The van der Waals surface area contributed by atoms with Crippen LogP contribution in [0.4, 0.5) is 0 Å². The van der Waals surface area contributed by atoms with Gasteiger partial charge in [-0.3, -0.25) is 4.79 Å². The van der Waals surface area contributed by atoms with Gasteiger partial charge in [0.2, 0.25) is 5.91 Å². The first-order valence-electron chi connectivity index (χ1n) is 5.57. The van der Waals surface area contributed by atoms with Gasteiger partial charge in [-0.25, -0.2) is 0 Å². The number of carbonyl (C=O) groups is 1. The molecule has 0 unspecified atom stereocenters. The molecule has 1 amide bonds. The smallest absolute Gasteiger partial charge is 0.245 e. The molecule has 2 fully saturated rings. The van der Waals surface area contributed by atoms with Crippen molar-refractivity contribution >= 4 is 5.91 Å². The minimum Gasteiger partial charge on any atom is -0.377 e. The maximum absolute atomic E-state index is 11.8. The molecule has 4 heteroatoms. The van der Waals surface area contributed by atoms with Crippen LogP contribution in [0, 0.1) is 16.7 Å². The molecule has 1 saturated heterocycles. The van der Waals surface area contributed by atoms with E-state index in [9.17, 15) is 4.79 Å². The minimum atomic E-state index is -0.891. The molecular formula is C11H16N2O2. The van der Waals surface area contributed by atoms with Gasteiger partial charge >= 0.3 is 0 Å². The standard InChI is InChI=1S/C11H16N2O2/c12-6-11(7-15-8-11)10(14)13-9-4-2-1-3-5-9/h9H,1-5,7-8H2,(H,13,14). The lowest BCUT2D eigenvalue weighted by atomic mass is 9.85. The molecule has 1 aliphatic heterocycles. The summed E-state index contributed by atoms with van der Waals surface area (Å²) in [6.07, 6.45) is 5.73. The Kier molecular flexibility index (Phi) is 2.92. The lowest BCUT2D eigenvalue weighted by Crippen LogP contribution is -2.55. The molecule has 15 heavy (non-hydrogen) atoms. The predicted octanol–water partition coefficient (Wildman–Crippen LogP) is 0.975. The Morgan fingerprint density at radius 1 is 1.33 bits per heavy atom. The van der Waals surface area contributed by atoms with E-state index in [0.29, 0.717) is 0 Å². The summed E-state index contributed by atoms with van der Waals surface area (Å²) in [5, 5.41) is 11.9. The largest absolute Gasteiger partial charge is 0.377 e. The van der Waals surface area contributed by atoms with Crippen molar-refractivity contribution in [1.82, 2.24) is 5.32 Å². The van der Waals surface area contributed by atoms with Gasteiger partial charge in [-0.05, 0) is 12.8 Å². The Hall–Kier alpha value is -1.08. The maximum Gasteiger partial charge on any atom is 0.245 e. The fourth-order valence-electron chi connectivity index (χ4n) is 2.12. The number of ether oxygens (including phenoxy) is 1. The molecule has 0 radical (unpaired) electrons. The minimum absolute atomic E-state index is 0.136. The van der Waals surface area contributed by atoms with E-state index in [4.69, 9.17) is 10.00 Å². The fourth-order valence-corrected chi connectivity index (χ4v) is 2.12. The molecular weight excluding hydrogens is 192 g/mol. The topological polar surface area (TPSA) is 62.1 Å². The van der Waals surface area contributed by atoms with Crippen LogP contribution < -0.4 is 5.32 Å². The number of carbonyl (C=O) groups excluding carboxylic acids is 1. The molecule has 82 valence electrons. The molecule has 0 spiro atoms. The van der Waals surface area contributed by atoms with Gasteiger partial charge in [0.15, 0.2) is 5.41 Å². The third-order valence-corrected chi connectivity index (χ3v) is 3.29. The normalized spacial score (nSPS) is 25.0. The van der Waals surface area contributed by atoms with Crippen LogP contribution >= 0.6 is 0 Å². The van der Waals surface area contributed by atoms with Crippen LogP contribution in [-0.4, -0.2) is 25.2 Å². The van der Waals surface area contributed by atoms with E-state index in [-0.39, 0.29) is 25.2 Å². The third-order valence-electron chi connectivity index (χ3n) is 3.29. The Morgan fingerprint density at radius 3 is 2.47 bits per heavy atom. The fraction of sp³-hybridized carbons (Fsp3) is 0.818. The van der Waals surface area contributed by atoms with Gasteiger partial charge in [-0.1, -0.05) is 19.3 Å². The number of nitrogens with one attached hydrogen (secondary N) is 1. The van der Waals surface area contributed by atoms with Crippen LogP contribution in [0.15, 0.2) is 0 Å². The van der Waals surface area contributed by atoms with Gasteiger partial charge < -0.3 is 10.1 Å². The molecule has 1 saturated carbocycles. The molecule has 0 aromatic rings. The van der Waals surface area contributed by atoms with Crippen molar-refractivity contribution in [2.45, 2.75) is 38.1 Å². The summed E-state index contributed by atoms with van der Waals surface area (Å²) >= 11 is 0. The highest BCUT2D eigenvalue weighted by Crippen LogP contribution is 2.27. The van der Waals surface area contributed by atoms with Crippen molar-refractivity contribution in [2.24, 2.45) is 5.41 Å². The van der Waals surface area contributed by atoms with Crippen molar-refractivity contribution in [2.75, 3.05) is 13.2 Å². The van der Waals surface area contributed by atoms with Gasteiger partial charge in [0.05, 0.1) is 19.3 Å². The zero-order valence-electron chi connectivity index (χ0n) is 8.79. The molecule has 0 bridgehead atoms. The Bertz CT molecular complexity index is 285. The Balaban J connectivity index is 1.88. The second-order valence-electron chi connectivity index (χ2n) is 4.50. The van der Waals surface area contributed by atoms with E-state index in [1.54, 1.807) is 0 Å². The van der Waals surface area contributed by atoms with Crippen LogP contribution in [0.25, 0.3) is 0 Å². The first kappa shape index (κ1) is 10.4. The monoisotopic (exact) mass is 208 g/mol. The van der Waals surface area contributed by atoms with E-state index in [1.807, 2.05) is 0 Å². The zero-order chi connectivity index (χ0) is 10.7. The van der Waals surface area contributed by atoms with E-state index in [2.05, 4.69) is 11.4 Å². The molecule has 4 nitrogen and oxygen atoms in total. The van der Waals surface area contributed by atoms with Crippen LogP contribution in [0.5, 0.6) is 0 Å². The molecule has 0 atom stereocenters. The summed E-state index contributed by atoms with van der Waals surface area (Å²) in [7, 11) is 0. The van der Waals surface area contributed by atoms with Crippen LogP contribution in [-0.2, 0) is 9.53 Å². The SMILES string of the molecule is N#CC1(C(=O)NC2CCCCC2)COC1. The third kappa shape index (κ3) is 1.98. The number of nitrogens with zero attached hydrogens (tertiary/aromatic N) is 1. The molecule has 2 aliphatic rings. The average molecular weight is 208 g/mol.